The highest BCUT2D eigenvalue weighted by atomic mass is 31.0. The SMILES string of the molecule is Cc1cc(C)c(C(=O)OC(=O)c2c(C)cc(C)cc2C)c(C)c1.P. The molecule has 1 atom stereocenters. The van der Waals surface area contributed by atoms with E-state index in [0.717, 1.165) is 33.4 Å². The standard InChI is InChI=1S/C20H22O3.H3P/c1-11-7-13(3)17(14(4)8-11)19(21)23-20(22)18-15(5)9-12(2)10-16(18)6;/h7-10H,1-6H3;1H3. The third-order valence-electron chi connectivity index (χ3n) is 3.95. The lowest BCUT2D eigenvalue weighted by Gasteiger charge is -2.12. The average molecular weight is 344 g/mol. The second-order valence-electron chi connectivity index (χ2n) is 6.22. The lowest BCUT2D eigenvalue weighted by atomic mass is 9.99. The zero-order valence-electron chi connectivity index (χ0n) is 15.2. The number of hydrogen-bond acceptors (Lipinski definition) is 3. The molecule has 0 bridgehead atoms. The van der Waals surface area contributed by atoms with Crippen molar-refractivity contribution >= 4 is 21.8 Å². The van der Waals surface area contributed by atoms with Crippen LogP contribution in [-0.4, -0.2) is 11.9 Å². The Hall–Kier alpha value is -1.99. The van der Waals surface area contributed by atoms with Crippen molar-refractivity contribution in [2.24, 2.45) is 0 Å². The summed E-state index contributed by atoms with van der Waals surface area (Å²) in [6.07, 6.45) is 0. The van der Waals surface area contributed by atoms with E-state index in [4.69, 9.17) is 4.74 Å². The molecular formula is C20H25O3P. The summed E-state index contributed by atoms with van der Waals surface area (Å²) < 4.78 is 5.15. The number of hydrogen-bond donors (Lipinski definition) is 0. The number of carbonyl (C=O) groups is 2. The van der Waals surface area contributed by atoms with Crippen molar-refractivity contribution < 1.29 is 14.3 Å². The normalized spacial score (nSPS) is 10.1. The van der Waals surface area contributed by atoms with E-state index in [9.17, 15) is 9.59 Å². The molecule has 0 N–H and O–H groups in total. The highest BCUT2D eigenvalue weighted by molar-refractivity contribution is 6.92. The first-order valence-electron chi connectivity index (χ1n) is 7.63. The van der Waals surface area contributed by atoms with Crippen molar-refractivity contribution in [3.05, 3.63) is 68.8 Å². The maximum Gasteiger partial charge on any atom is 0.346 e. The molecule has 0 fully saturated rings. The lowest BCUT2D eigenvalue weighted by Crippen LogP contribution is -2.17. The van der Waals surface area contributed by atoms with Crippen LogP contribution in [0.3, 0.4) is 0 Å². The first-order chi connectivity index (χ1) is 10.7. The Bertz CT molecular complexity index is 693. The molecule has 0 amide bonds. The number of carbonyl (C=O) groups excluding carboxylic acids is 2. The molecule has 0 aliphatic heterocycles. The van der Waals surface area contributed by atoms with Gasteiger partial charge in [0.15, 0.2) is 0 Å². The number of rotatable bonds is 2. The van der Waals surface area contributed by atoms with E-state index in [1.165, 1.54) is 0 Å². The maximum absolute atomic E-state index is 12.4. The molecule has 2 aromatic carbocycles. The summed E-state index contributed by atoms with van der Waals surface area (Å²) in [5.41, 5.74) is 6.35. The number of ether oxygens (including phenoxy) is 1. The molecule has 128 valence electrons. The molecule has 2 aromatic rings. The smallest absolute Gasteiger partial charge is 0.346 e. The predicted molar refractivity (Wildman–Crippen MR) is 102 cm³/mol. The number of esters is 2. The van der Waals surface area contributed by atoms with E-state index < -0.39 is 11.9 Å². The fraction of sp³-hybridized carbons (Fsp3) is 0.300. The van der Waals surface area contributed by atoms with Crippen molar-refractivity contribution in [3.8, 4) is 0 Å². The Labute approximate surface area is 147 Å². The zero-order chi connectivity index (χ0) is 17.3. The van der Waals surface area contributed by atoms with Crippen molar-refractivity contribution in [1.29, 1.82) is 0 Å². The molecule has 3 nitrogen and oxygen atoms in total. The highest BCUT2D eigenvalue weighted by Crippen LogP contribution is 2.21. The fourth-order valence-corrected chi connectivity index (χ4v) is 3.19. The van der Waals surface area contributed by atoms with Crippen LogP contribution in [-0.2, 0) is 4.74 Å². The minimum absolute atomic E-state index is 0. The Balaban J connectivity index is 0.00000288. The van der Waals surface area contributed by atoms with E-state index in [0.29, 0.717) is 11.1 Å². The van der Waals surface area contributed by atoms with Crippen molar-refractivity contribution in [2.45, 2.75) is 41.5 Å². The third kappa shape index (κ3) is 4.10. The van der Waals surface area contributed by atoms with Gasteiger partial charge in [-0.3, -0.25) is 0 Å². The summed E-state index contributed by atoms with van der Waals surface area (Å²) in [5, 5.41) is 0. The van der Waals surface area contributed by atoms with Gasteiger partial charge in [0.25, 0.3) is 0 Å². The van der Waals surface area contributed by atoms with Crippen LogP contribution in [0, 0.1) is 41.5 Å². The summed E-state index contributed by atoms with van der Waals surface area (Å²) in [7, 11) is 0. The Kier molecular flexibility index (Phi) is 6.45. The van der Waals surface area contributed by atoms with Gasteiger partial charge in [-0.1, -0.05) is 35.4 Å². The van der Waals surface area contributed by atoms with Gasteiger partial charge in [-0.2, -0.15) is 9.90 Å². The van der Waals surface area contributed by atoms with Crippen molar-refractivity contribution in [1.82, 2.24) is 0 Å². The Morgan fingerprint density at radius 1 is 0.625 bits per heavy atom. The van der Waals surface area contributed by atoms with E-state index in [1.807, 2.05) is 65.8 Å². The molecule has 0 aliphatic rings. The van der Waals surface area contributed by atoms with Gasteiger partial charge in [0.2, 0.25) is 0 Å². The molecule has 0 saturated carbocycles. The van der Waals surface area contributed by atoms with Crippen LogP contribution < -0.4 is 0 Å². The molecule has 4 heteroatoms. The van der Waals surface area contributed by atoms with Gasteiger partial charge in [0, 0.05) is 0 Å². The van der Waals surface area contributed by atoms with Gasteiger partial charge in [0.05, 0.1) is 11.1 Å². The van der Waals surface area contributed by atoms with Gasteiger partial charge in [-0.25, -0.2) is 9.59 Å². The predicted octanol–water partition coefficient (Wildman–Crippen LogP) is 4.59. The van der Waals surface area contributed by atoms with Gasteiger partial charge in [-0.05, 0) is 63.8 Å². The van der Waals surface area contributed by atoms with Crippen LogP contribution in [0.4, 0.5) is 0 Å². The second-order valence-corrected chi connectivity index (χ2v) is 6.22. The lowest BCUT2D eigenvalue weighted by molar-refractivity contribution is 0.0396. The molecule has 0 aromatic heterocycles. The highest BCUT2D eigenvalue weighted by Gasteiger charge is 2.21. The molecular weight excluding hydrogens is 319 g/mol. The molecule has 24 heavy (non-hydrogen) atoms. The fourth-order valence-electron chi connectivity index (χ4n) is 3.19. The molecule has 0 aliphatic carbocycles. The van der Waals surface area contributed by atoms with E-state index >= 15 is 0 Å². The number of aryl methyl sites for hydroxylation is 6. The van der Waals surface area contributed by atoms with Crippen molar-refractivity contribution in [2.75, 3.05) is 0 Å². The molecule has 2 rings (SSSR count). The minimum Gasteiger partial charge on any atom is -0.386 e. The average Bonchev–Trinajstić information content (AvgIpc) is 2.35. The van der Waals surface area contributed by atoms with Crippen LogP contribution in [0.2, 0.25) is 0 Å². The van der Waals surface area contributed by atoms with Gasteiger partial charge in [-0.15, -0.1) is 0 Å². The molecule has 0 radical (unpaired) electrons. The van der Waals surface area contributed by atoms with Crippen LogP contribution in [0.5, 0.6) is 0 Å². The van der Waals surface area contributed by atoms with E-state index in [-0.39, 0.29) is 9.90 Å². The minimum atomic E-state index is -0.593. The first-order valence-corrected chi connectivity index (χ1v) is 7.63. The summed E-state index contributed by atoms with van der Waals surface area (Å²) in [4.78, 5) is 24.9. The van der Waals surface area contributed by atoms with Gasteiger partial charge >= 0.3 is 11.9 Å². The number of benzene rings is 2. The first kappa shape index (κ1) is 20.1. The Morgan fingerprint density at radius 2 is 0.875 bits per heavy atom. The topological polar surface area (TPSA) is 43.4 Å². The maximum atomic E-state index is 12.4. The zero-order valence-corrected chi connectivity index (χ0v) is 16.7. The van der Waals surface area contributed by atoms with Crippen LogP contribution in [0.15, 0.2) is 24.3 Å². The van der Waals surface area contributed by atoms with Gasteiger partial charge in [0.1, 0.15) is 0 Å². The molecule has 0 heterocycles. The quantitative estimate of drug-likeness (QED) is 0.454. The largest absolute Gasteiger partial charge is 0.386 e. The van der Waals surface area contributed by atoms with Gasteiger partial charge < -0.3 is 4.74 Å². The van der Waals surface area contributed by atoms with Crippen molar-refractivity contribution in [3.63, 3.8) is 0 Å². The molecule has 0 spiro atoms. The van der Waals surface area contributed by atoms with Crippen LogP contribution >= 0.6 is 9.90 Å². The van der Waals surface area contributed by atoms with Crippen LogP contribution in [0.1, 0.15) is 54.1 Å². The monoisotopic (exact) mass is 344 g/mol. The summed E-state index contributed by atoms with van der Waals surface area (Å²) in [5.74, 6) is -1.19. The summed E-state index contributed by atoms with van der Waals surface area (Å²) in [6.45, 7) is 11.3. The van der Waals surface area contributed by atoms with E-state index in [1.54, 1.807) is 0 Å². The molecule has 1 unspecified atom stereocenters. The second kappa shape index (κ2) is 7.72. The summed E-state index contributed by atoms with van der Waals surface area (Å²) in [6, 6.07) is 7.65. The third-order valence-corrected chi connectivity index (χ3v) is 3.95. The van der Waals surface area contributed by atoms with E-state index in [2.05, 4.69) is 0 Å². The summed E-state index contributed by atoms with van der Waals surface area (Å²) >= 11 is 0. The van der Waals surface area contributed by atoms with Crippen LogP contribution in [0.25, 0.3) is 0 Å². The molecule has 0 saturated heterocycles. The Morgan fingerprint density at radius 3 is 1.12 bits per heavy atom.